The van der Waals surface area contributed by atoms with Crippen molar-refractivity contribution in [3.05, 3.63) is 59.8 Å². The number of carbonyl (C=O) groups excluding carboxylic acids is 1. The molecule has 0 aromatic carbocycles. The van der Waals surface area contributed by atoms with Gasteiger partial charge in [-0.15, -0.1) is 6.58 Å². The second kappa shape index (κ2) is 11.4. The van der Waals surface area contributed by atoms with Gasteiger partial charge in [-0.05, 0) is 68.9 Å². The van der Waals surface area contributed by atoms with E-state index in [0.29, 0.717) is 24.2 Å². The van der Waals surface area contributed by atoms with Crippen LogP contribution in [0.25, 0.3) is 0 Å². The van der Waals surface area contributed by atoms with Crippen LogP contribution in [0.15, 0.2) is 59.8 Å². The van der Waals surface area contributed by atoms with Crippen molar-refractivity contribution >= 4 is 5.91 Å². The van der Waals surface area contributed by atoms with E-state index in [1.54, 1.807) is 5.57 Å². The summed E-state index contributed by atoms with van der Waals surface area (Å²) in [4.78, 5) is 18.4. The second-order valence-corrected chi connectivity index (χ2v) is 11.4. The van der Waals surface area contributed by atoms with Gasteiger partial charge in [-0.3, -0.25) is 14.6 Å². The molecule has 3 fully saturated rings. The zero-order valence-corrected chi connectivity index (χ0v) is 21.8. The number of allylic oxidation sites excluding steroid dienone is 4. The van der Waals surface area contributed by atoms with Gasteiger partial charge in [0.25, 0.3) is 0 Å². The Bertz CT molecular complexity index is 906. The summed E-state index contributed by atoms with van der Waals surface area (Å²) < 4.78 is 0. The summed E-state index contributed by atoms with van der Waals surface area (Å²) >= 11 is 0. The van der Waals surface area contributed by atoms with E-state index in [-0.39, 0.29) is 11.8 Å². The zero-order chi connectivity index (χ0) is 24.2. The van der Waals surface area contributed by atoms with Gasteiger partial charge in [0.2, 0.25) is 5.91 Å². The molecule has 5 rings (SSSR count). The SMILES string of the molecule is C=CCN1CCC2CCC(C1)N2C(C1=CCC(C(=O)NC2CCCC2)C=C1)C1=CC(CC)=CCC1. The maximum Gasteiger partial charge on any atom is 0.227 e. The highest BCUT2D eigenvalue weighted by atomic mass is 16.1. The first-order valence-corrected chi connectivity index (χ1v) is 14.3. The van der Waals surface area contributed by atoms with E-state index < -0.39 is 0 Å². The van der Waals surface area contributed by atoms with Crippen LogP contribution in [0, 0.1) is 5.92 Å². The molecule has 0 spiro atoms. The molecule has 5 aliphatic rings. The molecule has 3 aliphatic carbocycles. The van der Waals surface area contributed by atoms with E-state index in [1.807, 2.05) is 0 Å². The van der Waals surface area contributed by atoms with E-state index in [1.165, 1.54) is 49.8 Å². The van der Waals surface area contributed by atoms with Gasteiger partial charge >= 0.3 is 0 Å². The third-order valence-corrected chi connectivity index (χ3v) is 9.06. The molecule has 2 saturated heterocycles. The average molecular weight is 476 g/mol. The summed E-state index contributed by atoms with van der Waals surface area (Å²) in [5.74, 6) is 0.207. The van der Waals surface area contributed by atoms with Crippen molar-refractivity contribution in [1.29, 1.82) is 0 Å². The Balaban J connectivity index is 1.38. The van der Waals surface area contributed by atoms with Gasteiger partial charge in [-0.25, -0.2) is 0 Å². The normalized spacial score (nSPS) is 30.9. The molecule has 35 heavy (non-hydrogen) atoms. The predicted molar refractivity (Wildman–Crippen MR) is 145 cm³/mol. The maximum absolute atomic E-state index is 12.9. The Morgan fingerprint density at radius 3 is 2.74 bits per heavy atom. The number of likely N-dealkylation sites (tertiary alicyclic amines) is 1. The van der Waals surface area contributed by atoms with Crippen molar-refractivity contribution in [3.8, 4) is 0 Å². The first-order chi connectivity index (χ1) is 17.2. The number of hydrogen-bond acceptors (Lipinski definition) is 3. The molecule has 1 amide bonds. The Labute approximate surface area is 212 Å². The molecule has 2 heterocycles. The molecule has 4 atom stereocenters. The van der Waals surface area contributed by atoms with Crippen LogP contribution in [0.3, 0.4) is 0 Å². The lowest BCUT2D eigenvalue weighted by Crippen LogP contribution is -2.47. The molecule has 1 saturated carbocycles. The minimum atomic E-state index is -0.0182. The smallest absolute Gasteiger partial charge is 0.227 e. The van der Waals surface area contributed by atoms with Gasteiger partial charge in [0.05, 0.1) is 12.0 Å². The molecule has 190 valence electrons. The van der Waals surface area contributed by atoms with Crippen LogP contribution in [0.4, 0.5) is 0 Å². The van der Waals surface area contributed by atoms with E-state index in [2.05, 4.69) is 65.1 Å². The quantitative estimate of drug-likeness (QED) is 0.458. The molecular weight excluding hydrogens is 430 g/mol. The lowest BCUT2D eigenvalue weighted by molar-refractivity contribution is -0.124. The molecule has 0 aromatic heterocycles. The molecule has 4 heteroatoms. The van der Waals surface area contributed by atoms with E-state index in [4.69, 9.17) is 0 Å². The fourth-order valence-electron chi connectivity index (χ4n) is 7.20. The maximum atomic E-state index is 12.9. The summed E-state index contributed by atoms with van der Waals surface area (Å²) in [6, 6.07) is 1.99. The summed E-state index contributed by atoms with van der Waals surface area (Å²) in [6.07, 6.45) is 26.8. The number of fused-ring (bicyclic) bond motifs is 2. The molecule has 2 aliphatic heterocycles. The van der Waals surface area contributed by atoms with Gasteiger partial charge in [0, 0.05) is 37.8 Å². The molecular formula is C31H45N3O. The topological polar surface area (TPSA) is 35.6 Å². The Kier molecular flexibility index (Phi) is 8.09. The van der Waals surface area contributed by atoms with Crippen LogP contribution in [0.5, 0.6) is 0 Å². The number of nitrogens with one attached hydrogen (secondary N) is 1. The van der Waals surface area contributed by atoms with Gasteiger partial charge in [-0.2, -0.15) is 0 Å². The zero-order valence-electron chi connectivity index (χ0n) is 21.8. The van der Waals surface area contributed by atoms with Crippen LogP contribution in [0.1, 0.15) is 77.6 Å². The molecule has 1 N–H and O–H groups in total. The van der Waals surface area contributed by atoms with Crippen molar-refractivity contribution in [2.75, 3.05) is 19.6 Å². The van der Waals surface area contributed by atoms with E-state index in [9.17, 15) is 4.79 Å². The van der Waals surface area contributed by atoms with Crippen LogP contribution < -0.4 is 5.32 Å². The van der Waals surface area contributed by atoms with Crippen molar-refractivity contribution in [1.82, 2.24) is 15.1 Å². The molecule has 4 nitrogen and oxygen atoms in total. The van der Waals surface area contributed by atoms with Crippen LogP contribution in [0.2, 0.25) is 0 Å². The van der Waals surface area contributed by atoms with E-state index in [0.717, 1.165) is 51.6 Å². The largest absolute Gasteiger partial charge is 0.353 e. The standard InChI is InChI=1S/C31H45N3O/c1-3-19-33-20-18-28-16-17-29(22-33)34(28)30(26-9-7-8-23(4-2)21-26)24-12-14-25(15-13-24)31(35)32-27-10-5-6-11-27/h3,8,12-14,21,25,27-30H,1,4-7,9-11,15-20,22H2,2H3,(H,32,35). The second-order valence-electron chi connectivity index (χ2n) is 11.4. The number of carbonyl (C=O) groups is 1. The monoisotopic (exact) mass is 475 g/mol. The molecule has 2 bridgehead atoms. The summed E-state index contributed by atoms with van der Waals surface area (Å²) in [5.41, 5.74) is 4.50. The lowest BCUT2D eigenvalue weighted by Gasteiger charge is -2.40. The minimum Gasteiger partial charge on any atom is -0.353 e. The highest BCUT2D eigenvalue weighted by Crippen LogP contribution is 2.40. The van der Waals surface area contributed by atoms with Crippen LogP contribution in [-0.4, -0.2) is 59.5 Å². The lowest BCUT2D eigenvalue weighted by atomic mass is 9.83. The average Bonchev–Trinajstić information content (AvgIpc) is 3.49. The van der Waals surface area contributed by atoms with Crippen molar-refractivity contribution in [2.24, 2.45) is 5.92 Å². The van der Waals surface area contributed by atoms with E-state index >= 15 is 0 Å². The number of nitrogens with zero attached hydrogens (tertiary/aromatic N) is 2. The highest BCUT2D eigenvalue weighted by Gasteiger charge is 2.43. The van der Waals surface area contributed by atoms with Gasteiger partial charge < -0.3 is 5.32 Å². The van der Waals surface area contributed by atoms with Crippen molar-refractivity contribution in [3.63, 3.8) is 0 Å². The third kappa shape index (κ3) is 5.59. The van der Waals surface area contributed by atoms with Crippen molar-refractivity contribution in [2.45, 2.75) is 102 Å². The Morgan fingerprint density at radius 2 is 2.00 bits per heavy atom. The predicted octanol–water partition coefficient (Wildman–Crippen LogP) is 5.70. The van der Waals surface area contributed by atoms with Crippen molar-refractivity contribution < 1.29 is 4.79 Å². The fourth-order valence-corrected chi connectivity index (χ4v) is 7.20. The highest BCUT2D eigenvalue weighted by molar-refractivity contribution is 5.81. The van der Waals surface area contributed by atoms with Gasteiger partial charge in [0.1, 0.15) is 0 Å². The summed E-state index contributed by atoms with van der Waals surface area (Å²) in [7, 11) is 0. The van der Waals surface area contributed by atoms with Gasteiger partial charge in [-0.1, -0.05) is 61.8 Å². The molecule has 0 radical (unpaired) electrons. The Morgan fingerprint density at radius 1 is 1.17 bits per heavy atom. The molecule has 0 aromatic rings. The first-order valence-electron chi connectivity index (χ1n) is 14.3. The third-order valence-electron chi connectivity index (χ3n) is 9.06. The number of amides is 1. The fraction of sp³-hybridized carbons (Fsp3) is 0.645. The Hall–Kier alpha value is -1.91. The summed E-state index contributed by atoms with van der Waals surface area (Å²) in [5, 5.41) is 3.32. The summed E-state index contributed by atoms with van der Waals surface area (Å²) in [6.45, 7) is 9.59. The van der Waals surface area contributed by atoms with Gasteiger partial charge in [0.15, 0.2) is 0 Å². The minimum absolute atomic E-state index is 0.0182. The number of rotatable bonds is 8. The molecule has 4 unspecified atom stereocenters. The first kappa shape index (κ1) is 24.8. The van der Waals surface area contributed by atoms with Crippen LogP contribution >= 0.6 is 0 Å². The number of hydrogen-bond donors (Lipinski definition) is 1. The van der Waals surface area contributed by atoms with Crippen LogP contribution in [-0.2, 0) is 4.79 Å².